The molecule has 1 unspecified atom stereocenters. The molecule has 5 nitrogen and oxygen atoms in total. The maximum atomic E-state index is 12.2. The Morgan fingerprint density at radius 3 is 2.89 bits per heavy atom. The van der Waals surface area contributed by atoms with Crippen LogP contribution in [0, 0.1) is 0 Å². The van der Waals surface area contributed by atoms with Crippen molar-refractivity contribution in [3.05, 3.63) is 29.8 Å². The Balaban J connectivity index is 2.15. The Bertz CT molecular complexity index is 487. The molecule has 0 saturated carbocycles. The Labute approximate surface area is 112 Å². The van der Waals surface area contributed by atoms with E-state index in [0.29, 0.717) is 12.8 Å². The van der Waals surface area contributed by atoms with E-state index in [9.17, 15) is 9.59 Å². The SMILES string of the molecule is CC[C@H](NC(=O)C1CCNc2ccccc21)C(=O)O. The molecule has 3 N–H and O–H groups in total. The van der Waals surface area contributed by atoms with Gasteiger partial charge in [-0.15, -0.1) is 0 Å². The van der Waals surface area contributed by atoms with Gasteiger partial charge in [-0.3, -0.25) is 4.79 Å². The molecule has 0 aliphatic carbocycles. The van der Waals surface area contributed by atoms with Crippen molar-refractivity contribution in [3.63, 3.8) is 0 Å². The van der Waals surface area contributed by atoms with Crippen molar-refractivity contribution in [2.75, 3.05) is 11.9 Å². The third-order valence-corrected chi connectivity index (χ3v) is 3.42. The number of benzene rings is 1. The highest BCUT2D eigenvalue weighted by Gasteiger charge is 2.28. The summed E-state index contributed by atoms with van der Waals surface area (Å²) >= 11 is 0. The molecular weight excluding hydrogens is 244 g/mol. The second-order valence-electron chi connectivity index (χ2n) is 4.66. The number of hydrogen-bond donors (Lipinski definition) is 3. The van der Waals surface area contributed by atoms with Crippen LogP contribution in [0.2, 0.25) is 0 Å². The molecule has 1 aliphatic rings. The average molecular weight is 262 g/mol. The van der Waals surface area contributed by atoms with E-state index in [1.165, 1.54) is 0 Å². The molecule has 2 rings (SSSR count). The lowest BCUT2D eigenvalue weighted by Gasteiger charge is -2.26. The van der Waals surface area contributed by atoms with Gasteiger partial charge in [0.15, 0.2) is 0 Å². The molecule has 1 aliphatic heterocycles. The number of fused-ring (bicyclic) bond motifs is 1. The fourth-order valence-corrected chi connectivity index (χ4v) is 2.35. The molecule has 5 heteroatoms. The zero-order valence-corrected chi connectivity index (χ0v) is 10.8. The number of rotatable bonds is 4. The summed E-state index contributed by atoms with van der Waals surface area (Å²) in [6.07, 6.45) is 1.06. The van der Waals surface area contributed by atoms with E-state index in [1.807, 2.05) is 24.3 Å². The topological polar surface area (TPSA) is 78.4 Å². The van der Waals surface area contributed by atoms with Crippen LogP contribution in [0.1, 0.15) is 31.2 Å². The molecule has 19 heavy (non-hydrogen) atoms. The first kappa shape index (κ1) is 13.4. The summed E-state index contributed by atoms with van der Waals surface area (Å²) in [4.78, 5) is 23.2. The average Bonchev–Trinajstić information content (AvgIpc) is 2.43. The number of carboxylic acid groups (broad SMARTS) is 1. The molecule has 0 saturated heterocycles. The minimum absolute atomic E-state index is 0.205. The monoisotopic (exact) mass is 262 g/mol. The second kappa shape index (κ2) is 5.73. The van der Waals surface area contributed by atoms with Gasteiger partial charge in [0.05, 0.1) is 5.92 Å². The number of carboxylic acids is 1. The Morgan fingerprint density at radius 1 is 1.47 bits per heavy atom. The number of hydrogen-bond acceptors (Lipinski definition) is 3. The molecule has 0 fully saturated rings. The van der Waals surface area contributed by atoms with Crippen molar-refractivity contribution in [1.29, 1.82) is 0 Å². The van der Waals surface area contributed by atoms with Gasteiger partial charge in [-0.1, -0.05) is 25.1 Å². The van der Waals surface area contributed by atoms with Gasteiger partial charge in [0.25, 0.3) is 0 Å². The van der Waals surface area contributed by atoms with Gasteiger partial charge in [0, 0.05) is 12.2 Å². The van der Waals surface area contributed by atoms with Crippen molar-refractivity contribution in [2.24, 2.45) is 0 Å². The number of carbonyl (C=O) groups is 2. The second-order valence-corrected chi connectivity index (χ2v) is 4.66. The first-order valence-electron chi connectivity index (χ1n) is 6.49. The number of para-hydroxylation sites is 1. The normalized spacial score (nSPS) is 18.9. The Kier molecular flexibility index (Phi) is 4.04. The number of aliphatic carboxylic acids is 1. The minimum atomic E-state index is -0.988. The van der Waals surface area contributed by atoms with E-state index in [1.54, 1.807) is 6.92 Å². The van der Waals surface area contributed by atoms with Crippen LogP contribution in [0.4, 0.5) is 5.69 Å². The lowest BCUT2D eigenvalue weighted by Crippen LogP contribution is -2.43. The van der Waals surface area contributed by atoms with Crippen molar-refractivity contribution in [3.8, 4) is 0 Å². The van der Waals surface area contributed by atoms with Crippen LogP contribution in [0.15, 0.2) is 24.3 Å². The van der Waals surface area contributed by atoms with Crippen molar-refractivity contribution < 1.29 is 14.7 Å². The first-order chi connectivity index (χ1) is 9.13. The van der Waals surface area contributed by atoms with E-state index in [0.717, 1.165) is 17.8 Å². The standard InChI is InChI=1S/C14H18N2O3/c1-2-11(14(18)19)16-13(17)10-7-8-15-12-6-4-3-5-9(10)12/h3-6,10-11,15H,2,7-8H2,1H3,(H,16,17)(H,18,19)/t10?,11-/m0/s1. The quantitative estimate of drug-likeness (QED) is 0.769. The van der Waals surface area contributed by atoms with E-state index in [-0.39, 0.29) is 11.8 Å². The summed E-state index contributed by atoms with van der Waals surface area (Å²) in [5, 5.41) is 14.8. The van der Waals surface area contributed by atoms with Crippen molar-refractivity contribution in [2.45, 2.75) is 31.7 Å². The van der Waals surface area contributed by atoms with Gasteiger partial charge in [-0.2, -0.15) is 0 Å². The van der Waals surface area contributed by atoms with E-state index >= 15 is 0 Å². The summed E-state index contributed by atoms with van der Waals surface area (Å²) < 4.78 is 0. The molecule has 1 amide bonds. The summed E-state index contributed by atoms with van der Waals surface area (Å²) in [5.41, 5.74) is 1.89. The molecule has 1 heterocycles. The largest absolute Gasteiger partial charge is 0.480 e. The minimum Gasteiger partial charge on any atom is -0.480 e. The summed E-state index contributed by atoms with van der Waals surface area (Å²) in [6, 6.07) is 6.84. The molecule has 2 atom stereocenters. The molecule has 0 aromatic heterocycles. The molecule has 0 spiro atoms. The van der Waals surface area contributed by atoms with Crippen LogP contribution < -0.4 is 10.6 Å². The van der Waals surface area contributed by atoms with Gasteiger partial charge in [0.2, 0.25) is 5.91 Å². The highest BCUT2D eigenvalue weighted by molar-refractivity contribution is 5.89. The van der Waals surface area contributed by atoms with Gasteiger partial charge >= 0.3 is 5.97 Å². The Morgan fingerprint density at radius 2 is 2.21 bits per heavy atom. The maximum absolute atomic E-state index is 12.2. The maximum Gasteiger partial charge on any atom is 0.326 e. The first-order valence-corrected chi connectivity index (χ1v) is 6.49. The van der Waals surface area contributed by atoms with Gasteiger partial charge in [-0.05, 0) is 24.5 Å². The van der Waals surface area contributed by atoms with Crippen LogP contribution in [-0.4, -0.2) is 29.6 Å². The van der Waals surface area contributed by atoms with Crippen LogP contribution >= 0.6 is 0 Å². The summed E-state index contributed by atoms with van der Waals surface area (Å²) in [7, 11) is 0. The molecular formula is C14H18N2O3. The predicted octanol–water partition coefficient (Wildman–Crippen LogP) is 1.57. The third kappa shape index (κ3) is 2.86. The van der Waals surface area contributed by atoms with E-state index in [4.69, 9.17) is 5.11 Å². The number of nitrogens with one attached hydrogen (secondary N) is 2. The van der Waals surface area contributed by atoms with E-state index in [2.05, 4.69) is 10.6 Å². The molecule has 1 aromatic rings. The third-order valence-electron chi connectivity index (χ3n) is 3.42. The fraction of sp³-hybridized carbons (Fsp3) is 0.429. The van der Waals surface area contributed by atoms with Crippen LogP contribution in [0.25, 0.3) is 0 Å². The smallest absolute Gasteiger partial charge is 0.326 e. The predicted molar refractivity (Wildman–Crippen MR) is 72.1 cm³/mol. The molecule has 1 aromatic carbocycles. The van der Waals surface area contributed by atoms with Gasteiger partial charge in [0.1, 0.15) is 6.04 Å². The lowest BCUT2D eigenvalue weighted by atomic mass is 9.90. The van der Waals surface area contributed by atoms with Crippen molar-refractivity contribution >= 4 is 17.6 Å². The number of amides is 1. The molecule has 0 bridgehead atoms. The van der Waals surface area contributed by atoms with Gasteiger partial charge < -0.3 is 15.7 Å². The van der Waals surface area contributed by atoms with Crippen molar-refractivity contribution in [1.82, 2.24) is 5.32 Å². The van der Waals surface area contributed by atoms with Crippen LogP contribution in [-0.2, 0) is 9.59 Å². The van der Waals surface area contributed by atoms with E-state index < -0.39 is 12.0 Å². The summed E-state index contributed by atoms with van der Waals surface area (Å²) in [6.45, 7) is 2.47. The highest BCUT2D eigenvalue weighted by Crippen LogP contribution is 2.31. The Hall–Kier alpha value is -2.04. The van der Waals surface area contributed by atoms with Crippen LogP contribution in [0.5, 0.6) is 0 Å². The van der Waals surface area contributed by atoms with Crippen LogP contribution in [0.3, 0.4) is 0 Å². The molecule has 102 valence electrons. The molecule has 0 radical (unpaired) electrons. The highest BCUT2D eigenvalue weighted by atomic mass is 16.4. The van der Waals surface area contributed by atoms with Gasteiger partial charge in [-0.25, -0.2) is 4.79 Å². The summed E-state index contributed by atoms with van der Waals surface area (Å²) in [5.74, 6) is -1.47. The number of anilines is 1. The number of carbonyl (C=O) groups excluding carboxylic acids is 1. The zero-order valence-electron chi connectivity index (χ0n) is 10.8. The fourth-order valence-electron chi connectivity index (χ4n) is 2.35. The lowest BCUT2D eigenvalue weighted by molar-refractivity contribution is -0.142. The zero-order chi connectivity index (χ0) is 13.8.